The van der Waals surface area contributed by atoms with Crippen LogP contribution in [0.3, 0.4) is 0 Å². The summed E-state index contributed by atoms with van der Waals surface area (Å²) in [6.45, 7) is 2.79. The first-order valence-corrected chi connectivity index (χ1v) is 5.48. The van der Waals surface area contributed by atoms with Gasteiger partial charge in [0.1, 0.15) is 17.9 Å². The fraction of sp³-hybridized carbons (Fsp3) is 0.333. The molecule has 2 rings (SSSR count). The number of methoxy groups -OCH3 is 1. The van der Waals surface area contributed by atoms with Crippen LogP contribution in [0.2, 0.25) is 0 Å². The molecule has 5 heteroatoms. The van der Waals surface area contributed by atoms with Crippen LogP contribution in [0.4, 0.5) is 4.39 Å². The number of aromatic nitrogens is 3. The van der Waals surface area contributed by atoms with Crippen molar-refractivity contribution in [3.8, 4) is 17.1 Å². The highest BCUT2D eigenvalue weighted by molar-refractivity contribution is 5.64. The Bertz CT molecular complexity index is 510. The second-order valence-corrected chi connectivity index (χ2v) is 3.65. The molecule has 0 unspecified atom stereocenters. The lowest BCUT2D eigenvalue weighted by atomic mass is 10.2. The number of halogens is 1. The Hall–Kier alpha value is -1.91. The summed E-state index contributed by atoms with van der Waals surface area (Å²) in [5.74, 6) is 0.909. The van der Waals surface area contributed by atoms with E-state index in [1.165, 1.54) is 18.5 Å². The van der Waals surface area contributed by atoms with E-state index in [1.807, 2.05) is 6.92 Å². The summed E-state index contributed by atoms with van der Waals surface area (Å²) < 4.78 is 20.2. The van der Waals surface area contributed by atoms with Gasteiger partial charge in [0.05, 0.1) is 12.7 Å². The van der Waals surface area contributed by atoms with E-state index in [2.05, 4.69) is 10.1 Å². The van der Waals surface area contributed by atoms with Crippen molar-refractivity contribution in [3.63, 3.8) is 0 Å². The number of hydrogen-bond acceptors (Lipinski definition) is 3. The molecule has 2 aromatic rings. The lowest BCUT2D eigenvalue weighted by molar-refractivity contribution is 0.414. The van der Waals surface area contributed by atoms with Gasteiger partial charge in [0.25, 0.3) is 0 Å². The number of nitrogens with zero attached hydrogens (tertiary/aromatic N) is 3. The molecule has 1 heterocycles. The third kappa shape index (κ3) is 2.27. The Morgan fingerprint density at radius 2 is 2.24 bits per heavy atom. The first-order valence-electron chi connectivity index (χ1n) is 5.48. The van der Waals surface area contributed by atoms with Crippen molar-refractivity contribution in [1.29, 1.82) is 0 Å². The van der Waals surface area contributed by atoms with Gasteiger partial charge in [-0.25, -0.2) is 14.1 Å². The standard InChI is InChI=1S/C12H14FN3O/c1-3-6-16-12(14-8-15-16)10-7-9(13)4-5-11(10)17-2/h4-5,7-8H,3,6H2,1-2H3. The third-order valence-corrected chi connectivity index (χ3v) is 2.45. The largest absolute Gasteiger partial charge is 0.496 e. The highest BCUT2D eigenvalue weighted by atomic mass is 19.1. The lowest BCUT2D eigenvalue weighted by Gasteiger charge is -2.09. The monoisotopic (exact) mass is 235 g/mol. The average Bonchev–Trinajstić information content (AvgIpc) is 2.77. The minimum absolute atomic E-state index is 0.313. The van der Waals surface area contributed by atoms with E-state index in [4.69, 9.17) is 4.74 Å². The molecule has 0 atom stereocenters. The maximum atomic E-state index is 13.3. The van der Waals surface area contributed by atoms with E-state index in [0.29, 0.717) is 17.1 Å². The summed E-state index contributed by atoms with van der Waals surface area (Å²) in [5, 5.41) is 4.11. The summed E-state index contributed by atoms with van der Waals surface area (Å²) in [6.07, 6.45) is 2.41. The van der Waals surface area contributed by atoms with Crippen molar-refractivity contribution in [3.05, 3.63) is 30.3 Å². The fourth-order valence-corrected chi connectivity index (χ4v) is 1.70. The molecule has 0 saturated carbocycles. The Balaban J connectivity index is 2.51. The van der Waals surface area contributed by atoms with Crippen molar-refractivity contribution in [2.75, 3.05) is 7.11 Å². The maximum absolute atomic E-state index is 13.3. The first kappa shape index (κ1) is 11.6. The van der Waals surface area contributed by atoms with Crippen LogP contribution in [0.5, 0.6) is 5.75 Å². The van der Waals surface area contributed by atoms with Crippen molar-refractivity contribution in [2.24, 2.45) is 0 Å². The van der Waals surface area contributed by atoms with Gasteiger partial charge in [-0.1, -0.05) is 6.92 Å². The molecule has 0 bridgehead atoms. The van der Waals surface area contributed by atoms with E-state index in [0.717, 1.165) is 13.0 Å². The summed E-state index contributed by atoms with van der Waals surface area (Å²) in [5.41, 5.74) is 0.624. The van der Waals surface area contributed by atoms with Gasteiger partial charge in [-0.15, -0.1) is 0 Å². The number of rotatable bonds is 4. The van der Waals surface area contributed by atoms with Crippen LogP contribution in [0, 0.1) is 5.82 Å². The molecule has 0 spiro atoms. The topological polar surface area (TPSA) is 39.9 Å². The van der Waals surface area contributed by atoms with Crippen LogP contribution in [0.1, 0.15) is 13.3 Å². The smallest absolute Gasteiger partial charge is 0.161 e. The zero-order valence-electron chi connectivity index (χ0n) is 9.85. The van der Waals surface area contributed by atoms with E-state index in [9.17, 15) is 4.39 Å². The van der Waals surface area contributed by atoms with Crippen LogP contribution in [-0.2, 0) is 6.54 Å². The molecular formula is C12H14FN3O. The molecule has 0 fully saturated rings. The molecule has 1 aromatic carbocycles. The quantitative estimate of drug-likeness (QED) is 0.817. The highest BCUT2D eigenvalue weighted by Crippen LogP contribution is 2.28. The van der Waals surface area contributed by atoms with Crippen LogP contribution in [-0.4, -0.2) is 21.9 Å². The lowest BCUT2D eigenvalue weighted by Crippen LogP contribution is -2.03. The molecule has 90 valence electrons. The minimum Gasteiger partial charge on any atom is -0.496 e. The summed E-state index contributed by atoms with van der Waals surface area (Å²) in [6, 6.07) is 4.37. The minimum atomic E-state index is -0.313. The van der Waals surface area contributed by atoms with E-state index in [1.54, 1.807) is 17.9 Å². The van der Waals surface area contributed by atoms with E-state index >= 15 is 0 Å². The molecule has 1 aromatic heterocycles. The van der Waals surface area contributed by atoms with Gasteiger partial charge in [0.2, 0.25) is 0 Å². The molecule has 0 aliphatic heterocycles. The Labute approximate surface area is 99.1 Å². The van der Waals surface area contributed by atoms with E-state index in [-0.39, 0.29) is 5.82 Å². The molecular weight excluding hydrogens is 221 g/mol. The zero-order chi connectivity index (χ0) is 12.3. The van der Waals surface area contributed by atoms with Gasteiger partial charge in [0, 0.05) is 6.54 Å². The maximum Gasteiger partial charge on any atom is 0.161 e. The average molecular weight is 235 g/mol. The zero-order valence-corrected chi connectivity index (χ0v) is 9.85. The molecule has 0 aliphatic carbocycles. The van der Waals surface area contributed by atoms with E-state index < -0.39 is 0 Å². The Morgan fingerprint density at radius 1 is 1.41 bits per heavy atom. The van der Waals surface area contributed by atoms with Gasteiger partial charge < -0.3 is 4.74 Å². The van der Waals surface area contributed by atoms with Gasteiger partial charge >= 0.3 is 0 Å². The normalized spacial score (nSPS) is 10.5. The predicted molar refractivity (Wildman–Crippen MR) is 62.3 cm³/mol. The number of ether oxygens (including phenoxy) is 1. The number of aryl methyl sites for hydroxylation is 1. The molecule has 0 radical (unpaired) electrons. The molecule has 0 saturated heterocycles. The van der Waals surface area contributed by atoms with Crippen LogP contribution in [0.25, 0.3) is 11.4 Å². The number of hydrogen-bond donors (Lipinski definition) is 0. The number of benzene rings is 1. The van der Waals surface area contributed by atoms with Gasteiger partial charge in [-0.2, -0.15) is 5.10 Å². The van der Waals surface area contributed by atoms with Crippen molar-refractivity contribution >= 4 is 0 Å². The third-order valence-electron chi connectivity index (χ3n) is 2.45. The van der Waals surface area contributed by atoms with Crippen LogP contribution < -0.4 is 4.74 Å². The summed E-state index contributed by atoms with van der Waals surface area (Å²) >= 11 is 0. The first-order chi connectivity index (χ1) is 8.26. The SMILES string of the molecule is CCCn1ncnc1-c1cc(F)ccc1OC. The van der Waals surface area contributed by atoms with Crippen LogP contribution in [0.15, 0.2) is 24.5 Å². The molecule has 0 amide bonds. The Morgan fingerprint density at radius 3 is 2.94 bits per heavy atom. The molecule has 0 aliphatic rings. The van der Waals surface area contributed by atoms with Crippen molar-refractivity contribution < 1.29 is 9.13 Å². The molecule has 0 N–H and O–H groups in total. The highest BCUT2D eigenvalue weighted by Gasteiger charge is 2.13. The Kier molecular flexibility index (Phi) is 3.37. The molecule has 17 heavy (non-hydrogen) atoms. The second kappa shape index (κ2) is 4.95. The van der Waals surface area contributed by atoms with Crippen molar-refractivity contribution in [1.82, 2.24) is 14.8 Å². The fourth-order valence-electron chi connectivity index (χ4n) is 1.70. The summed E-state index contributed by atoms with van der Waals surface area (Å²) in [4.78, 5) is 4.16. The summed E-state index contributed by atoms with van der Waals surface area (Å²) in [7, 11) is 1.55. The molecule has 4 nitrogen and oxygen atoms in total. The van der Waals surface area contributed by atoms with Gasteiger partial charge in [0.15, 0.2) is 5.82 Å². The predicted octanol–water partition coefficient (Wildman–Crippen LogP) is 2.50. The van der Waals surface area contributed by atoms with Gasteiger partial charge in [-0.3, -0.25) is 0 Å². The second-order valence-electron chi connectivity index (χ2n) is 3.65. The van der Waals surface area contributed by atoms with Crippen LogP contribution >= 0.6 is 0 Å². The van der Waals surface area contributed by atoms with Crippen molar-refractivity contribution in [2.45, 2.75) is 19.9 Å². The van der Waals surface area contributed by atoms with Gasteiger partial charge in [-0.05, 0) is 24.6 Å².